The lowest BCUT2D eigenvalue weighted by Gasteiger charge is -2.44. The molecule has 0 aromatic rings. The molecule has 4 heteroatoms. The van der Waals surface area contributed by atoms with Gasteiger partial charge in [-0.25, -0.2) is 0 Å². The van der Waals surface area contributed by atoms with Crippen molar-refractivity contribution in [2.75, 3.05) is 90.5 Å². The first kappa shape index (κ1) is 16.8. The molecule has 0 aliphatic rings. The molecule has 0 saturated carbocycles. The van der Waals surface area contributed by atoms with Crippen molar-refractivity contribution < 1.29 is 17.9 Å². The first-order chi connectivity index (χ1) is 7.12. The summed E-state index contributed by atoms with van der Waals surface area (Å²) in [6.45, 7) is 3.47. The second-order valence-corrected chi connectivity index (χ2v) is 8.91. The van der Waals surface area contributed by atoms with Gasteiger partial charge in [0, 0.05) is 0 Å². The molecule has 0 heterocycles. The molecular weight excluding hydrogens is 212 g/mol. The van der Waals surface area contributed by atoms with Gasteiger partial charge in [0.1, 0.15) is 0 Å². The highest BCUT2D eigenvalue weighted by atomic mass is 15.6. The number of hydrogen-bond acceptors (Lipinski definition) is 0. The molecule has 0 unspecified atom stereocenters. The summed E-state index contributed by atoms with van der Waals surface area (Å²) in [6.07, 6.45) is 0. The van der Waals surface area contributed by atoms with Crippen molar-refractivity contribution in [2.45, 2.75) is 0 Å². The van der Waals surface area contributed by atoms with E-state index in [1.165, 1.54) is 0 Å². The van der Waals surface area contributed by atoms with Crippen molar-refractivity contribution in [1.29, 1.82) is 0 Å². The maximum atomic E-state index is 2.39. The van der Waals surface area contributed by atoms with Crippen LogP contribution in [0.5, 0.6) is 0 Å². The summed E-state index contributed by atoms with van der Waals surface area (Å²) in [5.74, 6) is 0. The van der Waals surface area contributed by atoms with Crippen molar-refractivity contribution >= 4 is 0 Å². The van der Waals surface area contributed by atoms with E-state index in [-0.39, 0.29) is 0 Å². The van der Waals surface area contributed by atoms with Gasteiger partial charge in [0.15, 0.2) is 0 Å². The molecule has 0 aliphatic carbocycles. The number of nitrogens with zero attached hydrogens (tertiary/aromatic N) is 4. The summed E-state index contributed by atoms with van der Waals surface area (Å²) < 4.78 is 4.12. The molecule has 17 heavy (non-hydrogen) atoms. The molecule has 104 valence electrons. The third-order valence-corrected chi connectivity index (χ3v) is 2.30. The Morgan fingerprint density at radius 2 is 0.588 bits per heavy atom. The van der Waals surface area contributed by atoms with Gasteiger partial charge >= 0.3 is 0 Å². The third kappa shape index (κ3) is 9.53. The van der Waals surface area contributed by atoms with Crippen LogP contribution in [0.2, 0.25) is 0 Å². The summed E-state index contributed by atoms with van der Waals surface area (Å²) in [7, 11) is 22.9. The van der Waals surface area contributed by atoms with Crippen molar-refractivity contribution in [1.82, 2.24) is 0 Å². The Bertz CT molecular complexity index is 199. The van der Waals surface area contributed by atoms with Crippen LogP contribution in [0.25, 0.3) is 0 Å². The van der Waals surface area contributed by atoms with Crippen molar-refractivity contribution in [3.8, 4) is 0 Å². The van der Waals surface area contributed by atoms with E-state index in [2.05, 4.69) is 70.5 Å². The molecule has 0 radical (unpaired) electrons. The number of hydrogen-bond donors (Lipinski definition) is 0. The first-order valence-electron chi connectivity index (χ1n) is 6.37. The Morgan fingerprint density at radius 1 is 0.412 bits per heavy atom. The molecule has 0 amide bonds. The summed E-state index contributed by atoms with van der Waals surface area (Å²) in [5, 5.41) is 0. The van der Waals surface area contributed by atoms with Gasteiger partial charge in [-0.3, -0.25) is 13.4 Å². The maximum Gasteiger partial charge on any atom is 0.215 e. The highest BCUT2D eigenvalue weighted by molar-refractivity contribution is 4.22. The minimum atomic E-state index is 1.01. The highest BCUT2D eigenvalue weighted by Gasteiger charge is 2.38. The quantitative estimate of drug-likeness (QED) is 0.472. The zero-order valence-corrected chi connectivity index (χ0v) is 13.9. The van der Waals surface area contributed by atoms with Gasteiger partial charge in [-0.15, -0.1) is 0 Å². The number of quaternary nitrogens is 4. The molecule has 0 spiro atoms. The van der Waals surface area contributed by atoms with Crippen LogP contribution in [-0.2, 0) is 0 Å². The lowest BCUT2D eigenvalue weighted by atomic mass is 10.4. The van der Waals surface area contributed by atoms with Gasteiger partial charge < -0.3 is 0 Å². The maximum absolute atomic E-state index is 2.39. The molecule has 0 saturated heterocycles. The molecule has 0 atom stereocenters. The van der Waals surface area contributed by atoms with E-state index in [4.69, 9.17) is 0 Å². The Balaban J connectivity index is 4.95. The van der Waals surface area contributed by atoms with Crippen LogP contribution in [0.4, 0.5) is 0 Å². The molecule has 0 aliphatic heterocycles. The molecule has 0 rings (SSSR count). The predicted octanol–water partition coefficient (Wildman–Crippen LogP) is 0.424. The largest absolute Gasteiger partial charge is 0.284 e. The van der Waals surface area contributed by atoms with Crippen molar-refractivity contribution in [3.05, 3.63) is 0 Å². The smallest absolute Gasteiger partial charge is 0.215 e. The lowest BCUT2D eigenvalue weighted by Crippen LogP contribution is -2.66. The Labute approximate surface area is 109 Å². The molecule has 0 aromatic heterocycles. The average molecular weight is 248 g/mol. The van der Waals surface area contributed by atoms with Crippen LogP contribution in [0.3, 0.4) is 0 Å². The van der Waals surface area contributed by atoms with Crippen LogP contribution in [0.15, 0.2) is 0 Å². The minimum Gasteiger partial charge on any atom is -0.284 e. The molecule has 0 aromatic carbocycles. The van der Waals surface area contributed by atoms with Gasteiger partial charge in [-0.05, 0) is 0 Å². The average Bonchev–Trinajstić information content (AvgIpc) is 1.65. The summed E-state index contributed by atoms with van der Waals surface area (Å²) in [6, 6.07) is 0. The minimum absolute atomic E-state index is 1.01. The van der Waals surface area contributed by atoms with E-state index in [0.717, 1.165) is 37.9 Å². The van der Waals surface area contributed by atoms with Gasteiger partial charge in [-0.1, -0.05) is 0 Å². The third-order valence-electron chi connectivity index (χ3n) is 2.30. The van der Waals surface area contributed by atoms with E-state index in [1.54, 1.807) is 0 Å². The standard InChI is InChI=1S/C13H36N4/c1-14(2,3)11-17(10,12-15(4,5)6)13-16(7,8)9/h11-13H2,1-10H3/q+4. The van der Waals surface area contributed by atoms with Crippen LogP contribution >= 0.6 is 0 Å². The SMILES string of the molecule is C[N+](C)(C)C[N+](C)(C[N+](C)(C)C)C[N+](C)(C)C. The van der Waals surface area contributed by atoms with Crippen LogP contribution in [-0.4, -0.2) is 108 Å². The Hall–Kier alpha value is -0.160. The topological polar surface area (TPSA) is 0 Å². The molecule has 0 bridgehead atoms. The zero-order chi connectivity index (χ0) is 14.1. The van der Waals surface area contributed by atoms with Crippen molar-refractivity contribution in [2.24, 2.45) is 0 Å². The summed E-state index contributed by atoms with van der Waals surface area (Å²) in [4.78, 5) is 0. The first-order valence-corrected chi connectivity index (χ1v) is 6.37. The van der Waals surface area contributed by atoms with Crippen LogP contribution in [0, 0.1) is 0 Å². The van der Waals surface area contributed by atoms with E-state index in [0.29, 0.717) is 0 Å². The molecule has 4 nitrogen and oxygen atoms in total. The van der Waals surface area contributed by atoms with Gasteiger partial charge in [-0.2, -0.15) is 4.48 Å². The highest BCUT2D eigenvalue weighted by Crippen LogP contribution is 2.13. The lowest BCUT2D eigenvalue weighted by molar-refractivity contribution is -1.19. The van der Waals surface area contributed by atoms with E-state index in [1.807, 2.05) is 0 Å². The van der Waals surface area contributed by atoms with Gasteiger partial charge in [0.05, 0.1) is 70.5 Å². The molecule has 0 N–H and O–H groups in total. The van der Waals surface area contributed by atoms with E-state index in [9.17, 15) is 0 Å². The van der Waals surface area contributed by atoms with E-state index >= 15 is 0 Å². The zero-order valence-electron chi connectivity index (χ0n) is 13.9. The van der Waals surface area contributed by atoms with Crippen LogP contribution < -0.4 is 0 Å². The summed E-state index contributed by atoms with van der Waals surface area (Å²) >= 11 is 0. The summed E-state index contributed by atoms with van der Waals surface area (Å²) in [5.41, 5.74) is 0. The number of rotatable bonds is 6. The predicted molar refractivity (Wildman–Crippen MR) is 74.9 cm³/mol. The molecular formula is C13H36N4+4. The fourth-order valence-corrected chi connectivity index (χ4v) is 3.21. The van der Waals surface area contributed by atoms with E-state index < -0.39 is 0 Å². The fourth-order valence-electron chi connectivity index (χ4n) is 3.21. The normalized spacial score (nSPS) is 15.2. The second-order valence-electron chi connectivity index (χ2n) is 8.91. The second kappa shape index (κ2) is 4.84. The molecule has 0 fully saturated rings. The Kier molecular flexibility index (Phi) is 4.80. The Morgan fingerprint density at radius 3 is 0.706 bits per heavy atom. The van der Waals surface area contributed by atoms with Crippen molar-refractivity contribution in [3.63, 3.8) is 0 Å². The van der Waals surface area contributed by atoms with Gasteiger partial charge in [0.25, 0.3) is 0 Å². The monoisotopic (exact) mass is 248 g/mol. The fraction of sp³-hybridized carbons (Fsp3) is 1.00. The van der Waals surface area contributed by atoms with Gasteiger partial charge in [0.2, 0.25) is 20.0 Å². The van der Waals surface area contributed by atoms with Crippen LogP contribution in [0.1, 0.15) is 0 Å².